The largest absolute Gasteiger partial charge is 0.290 e. The zero-order chi connectivity index (χ0) is 17.9. The lowest BCUT2D eigenvalue weighted by atomic mass is 10.0. The fraction of sp³-hybridized carbons (Fsp3) is 0.364. The maximum absolute atomic E-state index is 4.90. The van der Waals surface area contributed by atoms with Gasteiger partial charge in [-0.05, 0) is 62.9 Å². The zero-order valence-corrected chi connectivity index (χ0v) is 16.3. The fourth-order valence-corrected chi connectivity index (χ4v) is 4.72. The van der Waals surface area contributed by atoms with Crippen LogP contribution in [0.25, 0.3) is 0 Å². The molecule has 0 saturated carbocycles. The van der Waals surface area contributed by atoms with E-state index in [1.165, 1.54) is 34.5 Å². The lowest BCUT2D eigenvalue weighted by Gasteiger charge is -2.24. The second-order valence-corrected chi connectivity index (χ2v) is 8.50. The Labute approximate surface area is 159 Å². The van der Waals surface area contributed by atoms with E-state index in [-0.39, 0.29) is 0 Å². The van der Waals surface area contributed by atoms with Crippen LogP contribution in [0.15, 0.2) is 48.7 Å². The van der Waals surface area contributed by atoms with Crippen LogP contribution in [0.4, 0.5) is 0 Å². The summed E-state index contributed by atoms with van der Waals surface area (Å²) in [5.74, 6) is 0. The summed E-state index contributed by atoms with van der Waals surface area (Å²) < 4.78 is 0. The zero-order valence-electron chi connectivity index (χ0n) is 15.5. The molecule has 0 amide bonds. The topological polar surface area (TPSA) is 29.0 Å². The molecule has 1 aliphatic heterocycles. The fourth-order valence-electron chi connectivity index (χ4n) is 3.90. The quantitative estimate of drug-likeness (QED) is 0.633. The third kappa shape index (κ3) is 4.02. The van der Waals surface area contributed by atoms with Gasteiger partial charge in [-0.2, -0.15) is 0 Å². The molecule has 1 saturated heterocycles. The average Bonchev–Trinajstić information content (AvgIpc) is 3.24. The summed E-state index contributed by atoms with van der Waals surface area (Å²) in [4.78, 5) is 13.2. The summed E-state index contributed by atoms with van der Waals surface area (Å²) in [5.41, 5.74) is 5.07. The Kier molecular flexibility index (Phi) is 5.14. The predicted octanol–water partition coefficient (Wildman–Crippen LogP) is 5.08. The molecule has 3 aromatic rings. The Morgan fingerprint density at radius 3 is 2.73 bits per heavy atom. The average molecular weight is 364 g/mol. The minimum absolute atomic E-state index is 0.423. The third-order valence-corrected chi connectivity index (χ3v) is 5.91. The van der Waals surface area contributed by atoms with Gasteiger partial charge in [-0.3, -0.25) is 9.88 Å². The normalized spacial score (nSPS) is 17.7. The minimum Gasteiger partial charge on any atom is -0.290 e. The van der Waals surface area contributed by atoms with Gasteiger partial charge in [0.25, 0.3) is 0 Å². The molecular weight excluding hydrogens is 338 g/mol. The molecule has 3 heterocycles. The van der Waals surface area contributed by atoms with Crippen molar-refractivity contribution in [3.05, 3.63) is 81.1 Å². The molecule has 4 rings (SSSR count). The number of aryl methyl sites for hydroxylation is 2. The first-order chi connectivity index (χ1) is 12.7. The second-order valence-electron chi connectivity index (χ2n) is 7.18. The Balaban J connectivity index is 1.55. The van der Waals surface area contributed by atoms with Gasteiger partial charge < -0.3 is 0 Å². The predicted molar refractivity (Wildman–Crippen MR) is 107 cm³/mol. The highest BCUT2D eigenvalue weighted by Gasteiger charge is 2.28. The van der Waals surface area contributed by atoms with E-state index in [9.17, 15) is 0 Å². The molecule has 134 valence electrons. The number of hydrogen-bond donors (Lipinski definition) is 0. The van der Waals surface area contributed by atoms with Gasteiger partial charge in [0.2, 0.25) is 0 Å². The molecule has 0 bridgehead atoms. The first-order valence-electron chi connectivity index (χ1n) is 9.34. The van der Waals surface area contributed by atoms with Crippen molar-refractivity contribution in [2.24, 2.45) is 0 Å². The molecule has 1 aromatic carbocycles. The van der Waals surface area contributed by atoms with Crippen molar-refractivity contribution in [3.63, 3.8) is 0 Å². The van der Waals surface area contributed by atoms with Crippen LogP contribution in [-0.4, -0.2) is 21.4 Å². The summed E-state index contributed by atoms with van der Waals surface area (Å²) in [6, 6.07) is 15.7. The number of benzene rings is 1. The summed E-state index contributed by atoms with van der Waals surface area (Å²) in [6.45, 7) is 6.32. The number of rotatable bonds is 5. The summed E-state index contributed by atoms with van der Waals surface area (Å²) in [7, 11) is 0. The lowest BCUT2D eigenvalue weighted by molar-refractivity contribution is 0.246. The van der Waals surface area contributed by atoms with E-state index >= 15 is 0 Å². The maximum atomic E-state index is 4.90. The van der Waals surface area contributed by atoms with E-state index < -0.39 is 0 Å². The highest BCUT2D eigenvalue weighted by atomic mass is 32.1. The first-order valence-corrected chi connectivity index (χ1v) is 10.2. The number of hydrogen-bond acceptors (Lipinski definition) is 4. The molecule has 0 aliphatic carbocycles. The van der Waals surface area contributed by atoms with Crippen LogP contribution < -0.4 is 0 Å². The van der Waals surface area contributed by atoms with E-state index in [2.05, 4.69) is 66.2 Å². The molecule has 2 aromatic heterocycles. The molecule has 1 aliphatic rings. The minimum atomic E-state index is 0.423. The monoisotopic (exact) mass is 363 g/mol. The van der Waals surface area contributed by atoms with Gasteiger partial charge in [0, 0.05) is 23.3 Å². The van der Waals surface area contributed by atoms with Crippen LogP contribution in [0.3, 0.4) is 0 Å². The Hall–Kier alpha value is -2.04. The molecular formula is C22H25N3S. The van der Waals surface area contributed by atoms with Crippen LogP contribution in [0.1, 0.15) is 51.3 Å². The van der Waals surface area contributed by atoms with Gasteiger partial charge in [-0.15, -0.1) is 11.3 Å². The van der Waals surface area contributed by atoms with Crippen LogP contribution in [0.2, 0.25) is 0 Å². The number of likely N-dealkylation sites (tertiary alicyclic amines) is 1. The van der Waals surface area contributed by atoms with Crippen molar-refractivity contribution in [2.75, 3.05) is 6.54 Å². The lowest BCUT2D eigenvalue weighted by Crippen LogP contribution is -2.23. The van der Waals surface area contributed by atoms with Gasteiger partial charge in [-0.25, -0.2) is 4.98 Å². The smallest absolute Gasteiger partial charge is 0.0897 e. The molecule has 26 heavy (non-hydrogen) atoms. The van der Waals surface area contributed by atoms with Crippen LogP contribution in [0.5, 0.6) is 0 Å². The maximum Gasteiger partial charge on any atom is 0.0897 e. The molecule has 1 atom stereocenters. The van der Waals surface area contributed by atoms with Crippen LogP contribution >= 0.6 is 11.3 Å². The number of pyridine rings is 1. The van der Waals surface area contributed by atoms with E-state index in [0.717, 1.165) is 30.2 Å². The summed E-state index contributed by atoms with van der Waals surface area (Å²) >= 11 is 1.81. The van der Waals surface area contributed by atoms with Crippen molar-refractivity contribution in [2.45, 2.75) is 45.7 Å². The first kappa shape index (κ1) is 17.4. The van der Waals surface area contributed by atoms with E-state index in [0.29, 0.717) is 6.04 Å². The van der Waals surface area contributed by atoms with Crippen molar-refractivity contribution in [1.82, 2.24) is 14.9 Å². The van der Waals surface area contributed by atoms with Crippen molar-refractivity contribution < 1.29 is 0 Å². The van der Waals surface area contributed by atoms with Gasteiger partial charge in [0.05, 0.1) is 16.7 Å². The highest BCUT2D eigenvalue weighted by Crippen LogP contribution is 2.33. The number of nitrogens with zero attached hydrogens (tertiary/aromatic N) is 3. The van der Waals surface area contributed by atoms with Gasteiger partial charge in [-0.1, -0.05) is 30.3 Å². The van der Waals surface area contributed by atoms with Crippen molar-refractivity contribution >= 4 is 11.3 Å². The Morgan fingerprint density at radius 1 is 1.12 bits per heavy atom. The summed E-state index contributed by atoms with van der Waals surface area (Å²) in [6.07, 6.45) is 5.43. The number of aromatic nitrogens is 2. The van der Waals surface area contributed by atoms with Gasteiger partial charge in [0.1, 0.15) is 0 Å². The molecule has 0 radical (unpaired) electrons. The third-order valence-electron chi connectivity index (χ3n) is 5.02. The Bertz CT molecular complexity index is 872. The van der Waals surface area contributed by atoms with Crippen molar-refractivity contribution in [3.8, 4) is 0 Å². The second kappa shape index (κ2) is 7.68. The molecule has 4 heteroatoms. The molecule has 0 N–H and O–H groups in total. The SMILES string of the molecule is Cc1cc(Cc2ccccc2)cc([C@@H]2CCCN2Cc2cnc(C)s2)n1. The molecule has 0 unspecified atom stereocenters. The van der Waals surface area contributed by atoms with Crippen LogP contribution in [-0.2, 0) is 13.0 Å². The molecule has 1 fully saturated rings. The summed E-state index contributed by atoms with van der Waals surface area (Å²) in [5, 5.41) is 1.15. The van der Waals surface area contributed by atoms with Gasteiger partial charge >= 0.3 is 0 Å². The van der Waals surface area contributed by atoms with Crippen molar-refractivity contribution in [1.29, 1.82) is 0 Å². The van der Waals surface area contributed by atoms with E-state index in [4.69, 9.17) is 4.98 Å². The number of thiazole rings is 1. The van der Waals surface area contributed by atoms with E-state index in [1.54, 1.807) is 11.3 Å². The highest BCUT2D eigenvalue weighted by molar-refractivity contribution is 7.11. The van der Waals surface area contributed by atoms with E-state index in [1.807, 2.05) is 6.20 Å². The standard InChI is InChI=1S/C22H25N3S/c1-16-11-19(12-18-7-4-3-5-8-18)13-21(24-16)22-9-6-10-25(22)15-20-14-23-17(2)26-20/h3-5,7-8,11,13-14,22H,6,9-10,12,15H2,1-2H3/t22-/m0/s1. The Morgan fingerprint density at radius 2 is 1.96 bits per heavy atom. The van der Waals surface area contributed by atoms with Crippen LogP contribution in [0, 0.1) is 13.8 Å². The van der Waals surface area contributed by atoms with Gasteiger partial charge in [0.15, 0.2) is 0 Å². The molecule has 3 nitrogen and oxygen atoms in total. The molecule has 0 spiro atoms.